The Hall–Kier alpha value is -2.09. The van der Waals surface area contributed by atoms with Crippen molar-refractivity contribution in [2.24, 2.45) is 0 Å². The largest absolute Gasteiger partial charge is 0.496 e. The monoisotopic (exact) mass is 368 g/mol. The Kier molecular flexibility index (Phi) is 5.82. The highest BCUT2D eigenvalue weighted by atomic mass is 35.5. The number of methoxy groups -OCH3 is 1. The molecule has 0 saturated heterocycles. The summed E-state index contributed by atoms with van der Waals surface area (Å²) in [5, 5.41) is 2.92. The fourth-order valence-electron chi connectivity index (χ4n) is 2.02. The Morgan fingerprint density at radius 1 is 1.21 bits per heavy atom. The van der Waals surface area contributed by atoms with Crippen molar-refractivity contribution in [3.05, 3.63) is 53.1 Å². The quantitative estimate of drug-likeness (QED) is 0.820. The number of halogens is 1. The number of amides is 1. The lowest BCUT2D eigenvalue weighted by atomic mass is 10.2. The van der Waals surface area contributed by atoms with E-state index in [1.54, 1.807) is 37.3 Å². The molecule has 0 spiro atoms. The molecule has 0 aliphatic heterocycles. The Morgan fingerprint density at radius 3 is 2.54 bits per heavy atom. The van der Waals surface area contributed by atoms with E-state index in [2.05, 4.69) is 10.0 Å². The predicted molar refractivity (Wildman–Crippen MR) is 93.0 cm³/mol. The zero-order chi connectivity index (χ0) is 17.7. The molecule has 0 fully saturated rings. The van der Waals surface area contributed by atoms with E-state index in [9.17, 15) is 13.2 Å². The fraction of sp³-hybridized carbons (Fsp3) is 0.188. The van der Waals surface area contributed by atoms with Crippen LogP contribution in [0.4, 0.5) is 5.69 Å². The maximum absolute atomic E-state index is 12.2. The molecular formula is C16H17ClN2O4S. The highest BCUT2D eigenvalue weighted by Crippen LogP contribution is 2.22. The van der Waals surface area contributed by atoms with Crippen LogP contribution in [-0.4, -0.2) is 28.0 Å². The molecule has 1 amide bonds. The molecule has 0 aromatic heterocycles. The van der Waals surface area contributed by atoms with E-state index >= 15 is 0 Å². The van der Waals surface area contributed by atoms with Crippen molar-refractivity contribution in [2.75, 3.05) is 19.0 Å². The first-order valence-electron chi connectivity index (χ1n) is 7.02. The first-order valence-corrected chi connectivity index (χ1v) is 8.88. The Balaban J connectivity index is 2.03. The van der Waals surface area contributed by atoms with E-state index in [1.165, 1.54) is 19.2 Å². The highest BCUT2D eigenvalue weighted by molar-refractivity contribution is 7.89. The number of hydrogen-bond donors (Lipinski definition) is 2. The SMILES string of the molecule is COc1ccc(S(=O)(=O)NCC(=O)Nc2ccccc2Cl)cc1C. The first-order chi connectivity index (χ1) is 11.3. The number of hydrogen-bond acceptors (Lipinski definition) is 4. The smallest absolute Gasteiger partial charge is 0.241 e. The third-order valence-corrected chi connectivity index (χ3v) is 4.98. The van der Waals surface area contributed by atoms with Crippen LogP contribution in [0.1, 0.15) is 5.56 Å². The summed E-state index contributed by atoms with van der Waals surface area (Å²) >= 11 is 5.94. The second-order valence-electron chi connectivity index (χ2n) is 4.98. The van der Waals surface area contributed by atoms with Gasteiger partial charge in [0.05, 0.1) is 29.3 Å². The number of para-hydroxylation sites is 1. The van der Waals surface area contributed by atoms with Gasteiger partial charge in [0.1, 0.15) is 5.75 Å². The van der Waals surface area contributed by atoms with E-state index in [-0.39, 0.29) is 4.90 Å². The van der Waals surface area contributed by atoms with Gasteiger partial charge in [-0.3, -0.25) is 4.79 Å². The molecule has 2 rings (SSSR count). The van der Waals surface area contributed by atoms with E-state index in [4.69, 9.17) is 16.3 Å². The average molecular weight is 369 g/mol. The zero-order valence-corrected chi connectivity index (χ0v) is 14.7. The second kappa shape index (κ2) is 7.65. The minimum Gasteiger partial charge on any atom is -0.496 e. The number of rotatable bonds is 6. The van der Waals surface area contributed by atoms with Gasteiger partial charge in [0.15, 0.2) is 0 Å². The van der Waals surface area contributed by atoms with Gasteiger partial charge in [-0.25, -0.2) is 13.1 Å². The van der Waals surface area contributed by atoms with Gasteiger partial charge < -0.3 is 10.1 Å². The number of ether oxygens (including phenoxy) is 1. The Labute approximate surface area is 145 Å². The summed E-state index contributed by atoms with van der Waals surface area (Å²) in [6, 6.07) is 11.2. The fourth-order valence-corrected chi connectivity index (χ4v) is 3.27. The maximum atomic E-state index is 12.2. The van der Waals surface area contributed by atoms with Gasteiger partial charge >= 0.3 is 0 Å². The summed E-state index contributed by atoms with van der Waals surface area (Å²) < 4.78 is 31.9. The summed E-state index contributed by atoms with van der Waals surface area (Å²) in [5.74, 6) is 0.0716. The zero-order valence-electron chi connectivity index (χ0n) is 13.2. The number of carbonyl (C=O) groups excluding carboxylic acids is 1. The van der Waals surface area contributed by atoms with Crippen molar-refractivity contribution in [2.45, 2.75) is 11.8 Å². The summed E-state index contributed by atoms with van der Waals surface area (Å²) in [6.07, 6.45) is 0. The molecule has 0 aliphatic rings. The van der Waals surface area contributed by atoms with Crippen molar-refractivity contribution < 1.29 is 17.9 Å². The Bertz CT molecular complexity index is 853. The normalized spacial score (nSPS) is 11.1. The molecule has 2 aromatic rings. The van der Waals surface area contributed by atoms with Crippen molar-refractivity contribution >= 4 is 33.2 Å². The standard InChI is InChI=1S/C16H17ClN2O4S/c1-11-9-12(7-8-15(11)23-2)24(21,22)18-10-16(20)19-14-6-4-3-5-13(14)17/h3-9,18H,10H2,1-2H3,(H,19,20). The van der Waals surface area contributed by atoms with Gasteiger partial charge in [-0.1, -0.05) is 23.7 Å². The first kappa shape index (κ1) is 18.3. The van der Waals surface area contributed by atoms with E-state index in [1.807, 2.05) is 0 Å². The van der Waals surface area contributed by atoms with E-state index in [0.717, 1.165) is 0 Å². The van der Waals surface area contributed by atoms with Crippen LogP contribution in [0.5, 0.6) is 5.75 Å². The number of benzene rings is 2. The van der Waals surface area contributed by atoms with Crippen LogP contribution in [0.15, 0.2) is 47.4 Å². The molecule has 0 unspecified atom stereocenters. The lowest BCUT2D eigenvalue weighted by Gasteiger charge is -2.10. The number of nitrogens with one attached hydrogen (secondary N) is 2. The van der Waals surface area contributed by atoms with Crippen molar-refractivity contribution in [3.63, 3.8) is 0 Å². The van der Waals surface area contributed by atoms with Gasteiger partial charge in [-0.05, 0) is 42.8 Å². The summed E-state index contributed by atoms with van der Waals surface area (Å²) in [7, 11) is -2.30. The second-order valence-corrected chi connectivity index (χ2v) is 7.16. The van der Waals surface area contributed by atoms with Gasteiger partial charge in [0.25, 0.3) is 0 Å². The van der Waals surface area contributed by atoms with E-state index < -0.39 is 22.5 Å². The van der Waals surface area contributed by atoms with Gasteiger partial charge in [0, 0.05) is 0 Å². The van der Waals surface area contributed by atoms with Crippen LogP contribution < -0.4 is 14.8 Å². The highest BCUT2D eigenvalue weighted by Gasteiger charge is 2.17. The van der Waals surface area contributed by atoms with Gasteiger partial charge in [-0.2, -0.15) is 0 Å². The minimum absolute atomic E-state index is 0.0614. The number of sulfonamides is 1. The van der Waals surface area contributed by atoms with Crippen molar-refractivity contribution in [1.29, 1.82) is 0 Å². The van der Waals surface area contributed by atoms with Crippen LogP contribution >= 0.6 is 11.6 Å². The van der Waals surface area contributed by atoms with Crippen molar-refractivity contribution in [1.82, 2.24) is 4.72 Å². The molecule has 0 heterocycles. The molecule has 2 N–H and O–H groups in total. The molecule has 2 aromatic carbocycles. The maximum Gasteiger partial charge on any atom is 0.241 e. The van der Waals surface area contributed by atoms with Crippen molar-refractivity contribution in [3.8, 4) is 5.75 Å². The predicted octanol–water partition coefficient (Wildman–Crippen LogP) is 2.57. The molecule has 0 bridgehead atoms. The third-order valence-electron chi connectivity index (χ3n) is 3.25. The van der Waals surface area contributed by atoms with Crippen LogP contribution in [0.3, 0.4) is 0 Å². The molecule has 0 atom stereocenters. The van der Waals surface area contributed by atoms with Crippen LogP contribution in [-0.2, 0) is 14.8 Å². The molecule has 6 nitrogen and oxygen atoms in total. The van der Waals surface area contributed by atoms with Crippen LogP contribution in [0.2, 0.25) is 5.02 Å². The number of anilines is 1. The average Bonchev–Trinajstić information content (AvgIpc) is 2.55. The number of carbonyl (C=O) groups is 1. The minimum atomic E-state index is -3.80. The molecule has 0 radical (unpaired) electrons. The Morgan fingerprint density at radius 2 is 1.92 bits per heavy atom. The lowest BCUT2D eigenvalue weighted by molar-refractivity contribution is -0.115. The summed E-state index contributed by atoms with van der Waals surface area (Å²) in [6.45, 7) is 1.33. The van der Waals surface area contributed by atoms with Crippen LogP contribution in [0, 0.1) is 6.92 Å². The van der Waals surface area contributed by atoms with E-state index in [0.29, 0.717) is 22.0 Å². The molecule has 24 heavy (non-hydrogen) atoms. The summed E-state index contributed by atoms with van der Waals surface area (Å²) in [4.78, 5) is 12.0. The van der Waals surface area contributed by atoms with Crippen LogP contribution in [0.25, 0.3) is 0 Å². The molecule has 8 heteroatoms. The molecule has 128 valence electrons. The summed E-state index contributed by atoms with van der Waals surface area (Å²) in [5.41, 5.74) is 1.10. The lowest BCUT2D eigenvalue weighted by Crippen LogP contribution is -2.33. The molecule has 0 aliphatic carbocycles. The number of aryl methyl sites for hydroxylation is 1. The van der Waals surface area contributed by atoms with Gasteiger partial charge in [-0.15, -0.1) is 0 Å². The topological polar surface area (TPSA) is 84.5 Å². The molecular weight excluding hydrogens is 352 g/mol. The third kappa shape index (κ3) is 4.47. The molecule has 0 saturated carbocycles. The van der Waals surface area contributed by atoms with Gasteiger partial charge in [0.2, 0.25) is 15.9 Å².